The lowest BCUT2D eigenvalue weighted by Gasteiger charge is -2.13. The molecule has 4 rings (SSSR count). The van der Waals surface area contributed by atoms with Crippen LogP contribution in [0.25, 0.3) is 0 Å². The van der Waals surface area contributed by atoms with Crippen LogP contribution >= 0.6 is 46.4 Å². The van der Waals surface area contributed by atoms with Gasteiger partial charge in [-0.1, -0.05) is 74.1 Å². The maximum absolute atomic E-state index is 12.0. The van der Waals surface area contributed by atoms with Gasteiger partial charge in [0.1, 0.15) is 17.5 Å². The quantitative estimate of drug-likeness (QED) is 0.0827. The van der Waals surface area contributed by atoms with Crippen LogP contribution in [0.2, 0.25) is 20.1 Å². The van der Waals surface area contributed by atoms with E-state index in [1.807, 2.05) is 13.8 Å². The average molecular weight is 836 g/mol. The normalized spacial score (nSPS) is 11.2. The van der Waals surface area contributed by atoms with Gasteiger partial charge in [-0.15, -0.1) is 0 Å². The molecule has 0 aliphatic carbocycles. The van der Waals surface area contributed by atoms with Crippen LogP contribution < -0.4 is 25.4 Å². The molecule has 0 heterocycles. The zero-order valence-corrected chi connectivity index (χ0v) is 33.4. The summed E-state index contributed by atoms with van der Waals surface area (Å²) < 4.78 is 11.4. The highest BCUT2D eigenvalue weighted by Crippen LogP contribution is 2.39. The third kappa shape index (κ3) is 14.3. The number of halogens is 4. The minimum atomic E-state index is -1.13. The van der Waals surface area contributed by atoms with Gasteiger partial charge in [-0.2, -0.15) is 0 Å². The number of carboxylic acids is 2. The number of hydrogen-bond donors (Lipinski definition) is 5. The summed E-state index contributed by atoms with van der Waals surface area (Å²) in [5, 5.41) is 26.5. The molecule has 4 aromatic carbocycles. The van der Waals surface area contributed by atoms with Crippen molar-refractivity contribution in [3.63, 3.8) is 0 Å². The molecule has 0 aliphatic heterocycles. The van der Waals surface area contributed by atoms with Crippen molar-refractivity contribution in [3.05, 3.63) is 104 Å². The van der Waals surface area contributed by atoms with Crippen molar-refractivity contribution in [2.24, 2.45) is 11.8 Å². The monoisotopic (exact) mass is 833 g/mol. The lowest BCUT2D eigenvalue weighted by atomic mass is 10.1. The minimum Gasteiger partial charge on any atom is -0.481 e. The first-order valence-corrected chi connectivity index (χ1v) is 18.2. The van der Waals surface area contributed by atoms with E-state index in [0.717, 1.165) is 0 Å². The molecule has 0 spiro atoms. The Hall–Kier alpha value is -5.01. The Labute approximate surface area is 338 Å². The van der Waals surface area contributed by atoms with Gasteiger partial charge in [0, 0.05) is 23.2 Å². The van der Waals surface area contributed by atoms with Gasteiger partial charge >= 0.3 is 11.9 Å². The molecule has 0 saturated heterocycles. The van der Waals surface area contributed by atoms with Crippen LogP contribution in [0.15, 0.2) is 72.8 Å². The number of benzene rings is 4. The number of amides is 3. The molecule has 0 radical (unpaired) electrons. The van der Waals surface area contributed by atoms with Crippen LogP contribution in [0, 0.1) is 11.8 Å². The molecule has 12 nitrogen and oxygen atoms in total. The summed E-state index contributed by atoms with van der Waals surface area (Å²) in [5.74, 6) is -1.57. The summed E-state index contributed by atoms with van der Waals surface area (Å²) in [6.45, 7) is 8.60. The second kappa shape index (κ2) is 20.6. The number of aliphatic carboxylic acids is 2. The Bertz CT molecular complexity index is 1980. The molecule has 5 N–H and O–H groups in total. The smallest absolute Gasteiger partial charge is 0.325 e. The van der Waals surface area contributed by atoms with Crippen LogP contribution in [0.4, 0.5) is 11.4 Å². The molecule has 1 atom stereocenters. The van der Waals surface area contributed by atoms with Crippen molar-refractivity contribution in [3.8, 4) is 23.0 Å². The molecule has 4 aromatic rings. The summed E-state index contributed by atoms with van der Waals surface area (Å²) in [5.41, 5.74) is 2.29. The highest BCUT2D eigenvalue weighted by atomic mass is 35.5. The number of rotatable bonds is 14. The van der Waals surface area contributed by atoms with Gasteiger partial charge in [0.25, 0.3) is 0 Å². The SMILES string of the molecule is CC(C)C(=O)Nc1ccc(Oc2c(Cl)cc(CC(=O)N[C@@H](C)C(=O)O)cc2Cl)cc1.CC(C)C(=O)Nc1ccc(Oc2c(Cl)cc(CC(=O)O)cc2Cl)cc1. The number of carboxylic acid groups (broad SMARTS) is 2. The Morgan fingerprint density at radius 2 is 0.927 bits per heavy atom. The van der Waals surface area contributed by atoms with Crippen LogP contribution in [0.3, 0.4) is 0 Å². The van der Waals surface area contributed by atoms with Crippen molar-refractivity contribution in [2.75, 3.05) is 10.6 Å². The average Bonchev–Trinajstić information content (AvgIpc) is 3.09. The predicted octanol–water partition coefficient (Wildman–Crippen LogP) is 9.52. The molecule has 3 amide bonds. The molecule has 292 valence electrons. The van der Waals surface area contributed by atoms with Gasteiger partial charge in [-0.25, -0.2) is 0 Å². The molecule has 55 heavy (non-hydrogen) atoms. The Morgan fingerprint density at radius 1 is 0.582 bits per heavy atom. The topological polar surface area (TPSA) is 180 Å². The van der Waals surface area contributed by atoms with E-state index in [9.17, 15) is 24.0 Å². The molecule has 16 heteroatoms. The number of nitrogens with one attached hydrogen (secondary N) is 3. The second-order valence-electron chi connectivity index (χ2n) is 12.7. The Kier molecular flexibility index (Phi) is 16.6. The largest absolute Gasteiger partial charge is 0.481 e. The van der Waals surface area contributed by atoms with Crippen LogP contribution in [0.5, 0.6) is 23.0 Å². The molecular formula is C39H39Cl4N3O9. The predicted molar refractivity (Wildman–Crippen MR) is 213 cm³/mol. The highest BCUT2D eigenvalue weighted by Gasteiger charge is 2.18. The van der Waals surface area contributed by atoms with Crippen LogP contribution in [-0.2, 0) is 36.8 Å². The maximum atomic E-state index is 12.0. The van der Waals surface area contributed by atoms with Crippen molar-refractivity contribution < 1.29 is 43.7 Å². The fraction of sp³-hybridized carbons (Fsp3) is 0.256. The number of ether oxygens (including phenoxy) is 2. The van der Waals surface area contributed by atoms with E-state index in [1.165, 1.54) is 31.2 Å². The first-order chi connectivity index (χ1) is 25.8. The van der Waals surface area contributed by atoms with Gasteiger partial charge in [-0.3, -0.25) is 24.0 Å². The van der Waals surface area contributed by atoms with Crippen LogP contribution in [-0.4, -0.2) is 45.9 Å². The first kappa shape index (κ1) is 44.4. The third-order valence-corrected chi connectivity index (χ3v) is 8.44. The van der Waals surface area contributed by atoms with Crippen molar-refractivity contribution in [1.29, 1.82) is 0 Å². The second-order valence-corrected chi connectivity index (χ2v) is 14.3. The van der Waals surface area contributed by atoms with E-state index in [2.05, 4.69) is 16.0 Å². The molecule has 0 aromatic heterocycles. The first-order valence-electron chi connectivity index (χ1n) is 16.7. The summed E-state index contributed by atoms with van der Waals surface area (Å²) in [6, 6.07) is 18.6. The maximum Gasteiger partial charge on any atom is 0.325 e. The van der Waals surface area contributed by atoms with E-state index in [-0.39, 0.29) is 68.1 Å². The molecule has 0 unspecified atom stereocenters. The zero-order chi connectivity index (χ0) is 41.0. The lowest BCUT2D eigenvalue weighted by Crippen LogP contribution is -2.39. The Morgan fingerprint density at radius 3 is 1.24 bits per heavy atom. The summed E-state index contributed by atoms with van der Waals surface area (Å²) >= 11 is 24.8. The third-order valence-electron chi connectivity index (χ3n) is 7.32. The van der Waals surface area contributed by atoms with Gasteiger partial charge in [-0.05, 0) is 90.8 Å². The van der Waals surface area contributed by atoms with E-state index >= 15 is 0 Å². The van der Waals surface area contributed by atoms with Gasteiger partial charge in [0.15, 0.2) is 11.5 Å². The van der Waals surface area contributed by atoms with E-state index in [4.69, 9.17) is 66.1 Å². The van der Waals surface area contributed by atoms with Crippen LogP contribution in [0.1, 0.15) is 45.7 Å². The Balaban J connectivity index is 0.000000300. The standard InChI is InChI=1S/C21H22Cl2N2O5.C18H17Cl2NO4/c1-11(2)20(27)25-14-4-6-15(7-5-14)30-19-16(22)8-13(9-17(19)23)10-18(26)24-12(3)21(28)29;1-10(2)18(24)21-12-3-5-13(6-4-12)25-17-14(19)7-11(8-15(17)20)9-16(22)23/h4-9,11-12H,10H2,1-3H3,(H,24,26)(H,25,27)(H,28,29);3-8,10H,9H2,1-2H3,(H,21,24)(H,22,23)/t12-;/m0./s1. The molecular weight excluding hydrogens is 796 g/mol. The fourth-order valence-corrected chi connectivity index (χ4v) is 5.58. The van der Waals surface area contributed by atoms with E-state index in [0.29, 0.717) is 34.0 Å². The minimum absolute atomic E-state index is 0.0752. The van der Waals surface area contributed by atoms with Gasteiger partial charge < -0.3 is 35.6 Å². The molecule has 0 saturated carbocycles. The number of carbonyl (C=O) groups is 5. The number of anilines is 2. The number of carbonyl (C=O) groups excluding carboxylic acids is 3. The zero-order valence-electron chi connectivity index (χ0n) is 30.3. The number of hydrogen-bond acceptors (Lipinski definition) is 7. The molecule has 0 bridgehead atoms. The molecule has 0 fully saturated rings. The fourth-order valence-electron chi connectivity index (χ4n) is 4.36. The van der Waals surface area contributed by atoms with Crippen molar-refractivity contribution in [1.82, 2.24) is 5.32 Å². The van der Waals surface area contributed by atoms with Gasteiger partial charge in [0.05, 0.1) is 32.9 Å². The highest BCUT2D eigenvalue weighted by molar-refractivity contribution is 6.38. The van der Waals surface area contributed by atoms with Crippen molar-refractivity contribution >= 4 is 87.4 Å². The summed E-state index contributed by atoms with van der Waals surface area (Å²) in [6.07, 6.45) is -0.258. The lowest BCUT2D eigenvalue weighted by molar-refractivity contribution is -0.141. The van der Waals surface area contributed by atoms with E-state index in [1.54, 1.807) is 62.4 Å². The summed E-state index contributed by atoms with van der Waals surface area (Å²) in [4.78, 5) is 57.0. The van der Waals surface area contributed by atoms with E-state index < -0.39 is 23.9 Å². The van der Waals surface area contributed by atoms with Crippen molar-refractivity contribution in [2.45, 2.75) is 53.5 Å². The molecule has 0 aliphatic rings. The van der Waals surface area contributed by atoms with Gasteiger partial charge in [0.2, 0.25) is 17.7 Å². The summed E-state index contributed by atoms with van der Waals surface area (Å²) in [7, 11) is 0.